The lowest BCUT2D eigenvalue weighted by molar-refractivity contribution is 0.0601. The molecule has 4 rings (SSSR count). The van der Waals surface area contributed by atoms with Gasteiger partial charge < -0.3 is 10.2 Å². The fourth-order valence-corrected chi connectivity index (χ4v) is 4.12. The number of benzene rings is 1. The highest BCUT2D eigenvalue weighted by Crippen LogP contribution is 2.37. The lowest BCUT2D eigenvalue weighted by Crippen LogP contribution is -2.44. The molecule has 2 fully saturated rings. The van der Waals surface area contributed by atoms with Crippen LogP contribution in [-0.4, -0.2) is 52.0 Å². The van der Waals surface area contributed by atoms with Gasteiger partial charge in [-0.3, -0.25) is 4.79 Å². The minimum atomic E-state index is -0.492. The molecule has 2 aliphatic rings. The van der Waals surface area contributed by atoms with Crippen molar-refractivity contribution < 1.29 is 9.18 Å². The molecule has 0 saturated carbocycles. The fraction of sp³-hybridized carbons (Fsp3) is 0.500. The third-order valence-electron chi connectivity index (χ3n) is 5.69. The second-order valence-corrected chi connectivity index (χ2v) is 7.66. The van der Waals surface area contributed by atoms with E-state index in [4.69, 9.17) is 11.6 Å². The number of carbonyl (C=O) groups excluding carboxylic acids is 1. The van der Waals surface area contributed by atoms with E-state index in [1.54, 1.807) is 13.0 Å². The number of amides is 1. The van der Waals surface area contributed by atoms with Crippen molar-refractivity contribution in [3.63, 3.8) is 0 Å². The molecule has 0 atom stereocenters. The summed E-state index contributed by atoms with van der Waals surface area (Å²) in [6, 6.07) is 4.32. The van der Waals surface area contributed by atoms with Crippen molar-refractivity contribution in [3.8, 4) is 5.69 Å². The zero-order valence-corrected chi connectivity index (χ0v) is 15.4. The highest BCUT2D eigenvalue weighted by Gasteiger charge is 2.38. The van der Waals surface area contributed by atoms with Gasteiger partial charge in [0.05, 0.1) is 16.4 Å². The summed E-state index contributed by atoms with van der Waals surface area (Å²) in [6.45, 7) is 5.40. The molecular weight excluding hydrogens is 357 g/mol. The van der Waals surface area contributed by atoms with Gasteiger partial charge in [0.2, 0.25) is 0 Å². The Morgan fingerprint density at radius 1 is 1.31 bits per heavy atom. The first kappa shape index (κ1) is 17.4. The van der Waals surface area contributed by atoms with Crippen LogP contribution < -0.4 is 5.32 Å². The molecule has 1 spiro atoms. The molecule has 0 radical (unpaired) electrons. The Morgan fingerprint density at radius 3 is 2.73 bits per heavy atom. The molecule has 1 aromatic heterocycles. The van der Waals surface area contributed by atoms with Crippen LogP contribution in [-0.2, 0) is 0 Å². The topological polar surface area (TPSA) is 63.1 Å². The van der Waals surface area contributed by atoms with Crippen LogP contribution >= 0.6 is 11.6 Å². The molecule has 138 valence electrons. The predicted octanol–water partition coefficient (Wildman–Crippen LogP) is 2.58. The molecule has 2 aromatic rings. The van der Waals surface area contributed by atoms with Crippen LogP contribution in [0.2, 0.25) is 5.02 Å². The van der Waals surface area contributed by atoms with E-state index in [2.05, 4.69) is 15.6 Å². The van der Waals surface area contributed by atoms with Gasteiger partial charge in [0.25, 0.3) is 5.91 Å². The average Bonchev–Trinajstić information content (AvgIpc) is 3.25. The summed E-state index contributed by atoms with van der Waals surface area (Å²) in [5.41, 5.74) is 1.90. The second kappa shape index (κ2) is 6.63. The highest BCUT2D eigenvalue weighted by molar-refractivity contribution is 6.30. The molecule has 3 heterocycles. The number of aromatic nitrogens is 3. The van der Waals surface area contributed by atoms with Crippen molar-refractivity contribution in [1.29, 1.82) is 0 Å². The van der Waals surface area contributed by atoms with Gasteiger partial charge in [-0.15, -0.1) is 5.10 Å². The monoisotopic (exact) mass is 377 g/mol. The number of likely N-dealkylation sites (tertiary alicyclic amines) is 1. The van der Waals surface area contributed by atoms with E-state index in [0.717, 1.165) is 39.0 Å². The maximum absolute atomic E-state index is 13.4. The Labute approximate surface area is 156 Å². The quantitative estimate of drug-likeness (QED) is 0.873. The van der Waals surface area contributed by atoms with E-state index in [1.165, 1.54) is 23.2 Å². The summed E-state index contributed by atoms with van der Waals surface area (Å²) in [6.07, 6.45) is 3.23. The first-order valence-corrected chi connectivity index (χ1v) is 9.25. The Bertz CT molecular complexity index is 836. The van der Waals surface area contributed by atoms with E-state index in [0.29, 0.717) is 22.5 Å². The van der Waals surface area contributed by atoms with E-state index in [-0.39, 0.29) is 10.9 Å². The van der Waals surface area contributed by atoms with Crippen LogP contribution in [0.5, 0.6) is 0 Å². The van der Waals surface area contributed by atoms with Gasteiger partial charge in [0.15, 0.2) is 5.69 Å². The smallest absolute Gasteiger partial charge is 0.276 e. The average molecular weight is 378 g/mol. The third kappa shape index (κ3) is 2.99. The van der Waals surface area contributed by atoms with Gasteiger partial charge in [0.1, 0.15) is 5.82 Å². The number of piperidine rings is 1. The van der Waals surface area contributed by atoms with E-state index < -0.39 is 5.82 Å². The van der Waals surface area contributed by atoms with Crippen LogP contribution in [0.3, 0.4) is 0 Å². The summed E-state index contributed by atoms with van der Waals surface area (Å²) in [7, 11) is 0. The minimum absolute atomic E-state index is 0.0109. The summed E-state index contributed by atoms with van der Waals surface area (Å²) >= 11 is 5.85. The third-order valence-corrected chi connectivity index (χ3v) is 5.98. The predicted molar refractivity (Wildman–Crippen MR) is 96.1 cm³/mol. The normalized spacial score (nSPS) is 19.3. The highest BCUT2D eigenvalue weighted by atomic mass is 35.5. The number of hydrogen-bond acceptors (Lipinski definition) is 4. The molecule has 26 heavy (non-hydrogen) atoms. The van der Waals surface area contributed by atoms with Crippen molar-refractivity contribution in [2.45, 2.75) is 26.2 Å². The van der Waals surface area contributed by atoms with Gasteiger partial charge in [-0.2, -0.15) is 0 Å². The van der Waals surface area contributed by atoms with Crippen molar-refractivity contribution in [2.24, 2.45) is 5.41 Å². The van der Waals surface area contributed by atoms with Gasteiger partial charge in [-0.1, -0.05) is 16.8 Å². The second-order valence-electron chi connectivity index (χ2n) is 7.25. The van der Waals surface area contributed by atoms with Crippen molar-refractivity contribution in [1.82, 2.24) is 25.2 Å². The number of nitrogens with one attached hydrogen (secondary N) is 1. The Balaban J connectivity index is 1.52. The summed E-state index contributed by atoms with van der Waals surface area (Å²) in [5, 5.41) is 11.6. The zero-order valence-electron chi connectivity index (χ0n) is 14.6. The molecule has 2 saturated heterocycles. The first-order valence-electron chi connectivity index (χ1n) is 8.87. The van der Waals surface area contributed by atoms with Crippen LogP contribution in [0.15, 0.2) is 18.2 Å². The Morgan fingerprint density at radius 2 is 2.08 bits per heavy atom. The van der Waals surface area contributed by atoms with Gasteiger partial charge in [-0.05, 0) is 56.3 Å². The molecule has 0 bridgehead atoms. The standard InChI is InChI=1S/C18H21ClFN5O/c1-12-16(22-23-25(12)13-2-3-15(20)14(19)10-13)17(26)24-8-5-18(6-9-24)4-7-21-11-18/h2-3,10,21H,4-9,11H2,1H3. The van der Waals surface area contributed by atoms with E-state index in [1.807, 2.05) is 4.90 Å². The van der Waals surface area contributed by atoms with Crippen molar-refractivity contribution in [3.05, 3.63) is 40.4 Å². The lowest BCUT2D eigenvalue weighted by Gasteiger charge is -2.38. The van der Waals surface area contributed by atoms with Crippen molar-refractivity contribution >= 4 is 17.5 Å². The molecule has 0 aliphatic carbocycles. The molecular formula is C18H21ClFN5O. The van der Waals surface area contributed by atoms with Crippen LogP contribution in [0.1, 0.15) is 35.4 Å². The molecule has 0 unspecified atom stereocenters. The van der Waals surface area contributed by atoms with E-state index in [9.17, 15) is 9.18 Å². The molecule has 1 aromatic carbocycles. The molecule has 6 nitrogen and oxygen atoms in total. The van der Waals surface area contributed by atoms with E-state index >= 15 is 0 Å². The Kier molecular flexibility index (Phi) is 4.44. The lowest BCUT2D eigenvalue weighted by atomic mass is 9.78. The number of nitrogens with zero attached hydrogens (tertiary/aromatic N) is 4. The molecule has 1 amide bonds. The van der Waals surface area contributed by atoms with Gasteiger partial charge >= 0.3 is 0 Å². The number of carbonyl (C=O) groups is 1. The van der Waals surface area contributed by atoms with Gasteiger partial charge in [0, 0.05) is 19.6 Å². The number of hydrogen-bond donors (Lipinski definition) is 1. The fourth-order valence-electron chi connectivity index (χ4n) is 3.94. The summed E-state index contributed by atoms with van der Waals surface area (Å²) in [4.78, 5) is 14.8. The first-order chi connectivity index (χ1) is 12.5. The van der Waals surface area contributed by atoms with Crippen molar-refractivity contribution in [2.75, 3.05) is 26.2 Å². The summed E-state index contributed by atoms with van der Waals surface area (Å²) < 4.78 is 14.9. The number of halogens is 2. The Hall–Kier alpha value is -1.99. The largest absolute Gasteiger partial charge is 0.337 e. The van der Waals surface area contributed by atoms with Crippen LogP contribution in [0.4, 0.5) is 4.39 Å². The number of rotatable bonds is 2. The maximum atomic E-state index is 13.4. The van der Waals surface area contributed by atoms with Gasteiger partial charge in [-0.25, -0.2) is 9.07 Å². The van der Waals surface area contributed by atoms with Crippen LogP contribution in [0, 0.1) is 18.2 Å². The maximum Gasteiger partial charge on any atom is 0.276 e. The SMILES string of the molecule is Cc1c(C(=O)N2CCC3(CCNC3)CC2)nnn1-c1ccc(F)c(Cl)c1. The minimum Gasteiger partial charge on any atom is -0.337 e. The molecule has 8 heteroatoms. The zero-order chi connectivity index (χ0) is 18.3. The molecule has 2 aliphatic heterocycles. The molecule has 1 N–H and O–H groups in total. The summed E-state index contributed by atoms with van der Waals surface area (Å²) in [5.74, 6) is -0.587. The van der Waals surface area contributed by atoms with Crippen LogP contribution in [0.25, 0.3) is 5.69 Å².